The number of benzene rings is 1. The Kier molecular flexibility index (Phi) is 4.83. The molecule has 5 nitrogen and oxygen atoms in total. The molecule has 6 heteroatoms. The average molecular weight is 317 g/mol. The molecule has 0 amide bonds. The number of morpholine rings is 1. The number of ether oxygens (including phenoxy) is 1. The molecule has 23 heavy (non-hydrogen) atoms. The summed E-state index contributed by atoms with van der Waals surface area (Å²) in [6.45, 7) is 6.02. The van der Waals surface area contributed by atoms with Crippen LogP contribution in [0, 0.1) is 12.7 Å². The Labute approximate surface area is 134 Å². The number of aromatic nitrogens is 2. The first kappa shape index (κ1) is 15.8. The van der Waals surface area contributed by atoms with Crippen LogP contribution in [0.1, 0.15) is 30.2 Å². The molecule has 1 aromatic carbocycles. The van der Waals surface area contributed by atoms with Crippen molar-refractivity contribution in [3.8, 4) is 0 Å². The molecule has 0 unspecified atom stereocenters. The fraction of sp³-hybridized carbons (Fsp3) is 0.412. The summed E-state index contributed by atoms with van der Waals surface area (Å²) in [6, 6.07) is 6.38. The van der Waals surface area contributed by atoms with E-state index in [1.54, 1.807) is 19.1 Å². The van der Waals surface area contributed by atoms with Gasteiger partial charge in [-0.1, -0.05) is 29.4 Å². The number of aryl methyl sites for hydroxylation is 1. The van der Waals surface area contributed by atoms with Crippen LogP contribution in [0.3, 0.4) is 0 Å². The van der Waals surface area contributed by atoms with Gasteiger partial charge in [0.25, 0.3) is 0 Å². The van der Waals surface area contributed by atoms with Gasteiger partial charge in [-0.25, -0.2) is 4.39 Å². The molecular formula is C17H20FN3O2. The zero-order chi connectivity index (χ0) is 16.2. The van der Waals surface area contributed by atoms with E-state index in [1.807, 2.05) is 13.0 Å². The molecule has 2 atom stereocenters. The van der Waals surface area contributed by atoms with Crippen molar-refractivity contribution in [2.45, 2.75) is 26.0 Å². The highest BCUT2D eigenvalue weighted by Gasteiger charge is 2.34. The highest BCUT2D eigenvalue weighted by molar-refractivity contribution is 5.49. The lowest BCUT2D eigenvalue weighted by Gasteiger charge is -2.37. The summed E-state index contributed by atoms with van der Waals surface area (Å²) < 4.78 is 24.0. The van der Waals surface area contributed by atoms with Crippen molar-refractivity contribution >= 4 is 6.08 Å². The maximum atomic E-state index is 12.9. The maximum Gasteiger partial charge on any atom is 0.246 e. The molecule has 2 heterocycles. The van der Waals surface area contributed by atoms with Gasteiger partial charge in [0.2, 0.25) is 5.89 Å². The minimum Gasteiger partial charge on any atom is -0.375 e. The summed E-state index contributed by atoms with van der Waals surface area (Å²) in [6.07, 6.45) is 4.03. The van der Waals surface area contributed by atoms with Crippen molar-refractivity contribution in [2.24, 2.45) is 0 Å². The molecule has 122 valence electrons. The topological polar surface area (TPSA) is 51.4 Å². The van der Waals surface area contributed by atoms with Crippen LogP contribution in [0.4, 0.5) is 4.39 Å². The number of hydrogen-bond acceptors (Lipinski definition) is 5. The van der Waals surface area contributed by atoms with Crippen LogP contribution >= 0.6 is 0 Å². The van der Waals surface area contributed by atoms with Gasteiger partial charge in [0.1, 0.15) is 11.9 Å². The summed E-state index contributed by atoms with van der Waals surface area (Å²) in [7, 11) is 0. The molecule has 3 rings (SSSR count). The lowest BCUT2D eigenvalue weighted by atomic mass is 10.1. The van der Waals surface area contributed by atoms with Crippen molar-refractivity contribution < 1.29 is 13.7 Å². The summed E-state index contributed by atoms with van der Waals surface area (Å²) in [5.74, 6) is 0.987. The summed E-state index contributed by atoms with van der Waals surface area (Å²) in [5, 5.41) is 3.87. The van der Waals surface area contributed by atoms with Crippen LogP contribution in [-0.4, -0.2) is 40.8 Å². The summed E-state index contributed by atoms with van der Waals surface area (Å²) >= 11 is 0. The Hall–Kier alpha value is -2.05. The quantitative estimate of drug-likeness (QED) is 0.867. The largest absolute Gasteiger partial charge is 0.375 e. The second-order valence-corrected chi connectivity index (χ2v) is 5.65. The van der Waals surface area contributed by atoms with Gasteiger partial charge in [-0.05, 0) is 31.5 Å². The Morgan fingerprint density at radius 3 is 2.83 bits per heavy atom. The van der Waals surface area contributed by atoms with Gasteiger partial charge in [0.05, 0.1) is 12.7 Å². The van der Waals surface area contributed by atoms with E-state index in [1.165, 1.54) is 12.1 Å². The van der Waals surface area contributed by atoms with Gasteiger partial charge in [0, 0.05) is 13.1 Å². The SMILES string of the molecule is Cc1noc([C@@H]2[C@@H](C)OCCN2C/C=C/c2ccc(F)cc2)n1. The van der Waals surface area contributed by atoms with Crippen LogP contribution in [0.5, 0.6) is 0 Å². The van der Waals surface area contributed by atoms with Gasteiger partial charge < -0.3 is 9.26 Å². The van der Waals surface area contributed by atoms with Crippen molar-refractivity contribution in [2.75, 3.05) is 19.7 Å². The molecule has 2 aromatic rings. The van der Waals surface area contributed by atoms with E-state index in [0.717, 1.165) is 18.7 Å². The minimum atomic E-state index is -0.226. The second kappa shape index (κ2) is 7.02. The third kappa shape index (κ3) is 3.83. The molecule has 1 aliphatic heterocycles. The Balaban J connectivity index is 1.70. The fourth-order valence-electron chi connectivity index (χ4n) is 2.78. The first-order valence-electron chi connectivity index (χ1n) is 7.71. The molecule has 1 saturated heterocycles. The molecule has 0 N–H and O–H groups in total. The Morgan fingerprint density at radius 1 is 1.35 bits per heavy atom. The maximum absolute atomic E-state index is 12.9. The highest BCUT2D eigenvalue weighted by atomic mass is 19.1. The molecule has 0 bridgehead atoms. The van der Waals surface area contributed by atoms with Gasteiger partial charge in [0.15, 0.2) is 5.82 Å². The normalized spacial score (nSPS) is 22.7. The molecule has 1 aromatic heterocycles. The molecule has 0 saturated carbocycles. The van der Waals surface area contributed by atoms with Crippen molar-refractivity contribution in [3.05, 3.63) is 53.4 Å². The van der Waals surface area contributed by atoms with Crippen molar-refractivity contribution in [3.63, 3.8) is 0 Å². The lowest BCUT2D eigenvalue weighted by Crippen LogP contribution is -2.44. The molecular weight excluding hydrogens is 297 g/mol. The predicted octanol–water partition coefficient (Wildman–Crippen LogP) is 2.99. The van der Waals surface area contributed by atoms with E-state index in [0.29, 0.717) is 18.3 Å². The standard InChI is InChI=1S/C17H20FN3O2/c1-12-16(17-19-13(2)20-23-17)21(10-11-22-12)9-3-4-14-5-7-15(18)8-6-14/h3-8,12,16H,9-11H2,1-2H3/b4-3+/t12-,16+/m1/s1. The third-order valence-corrected chi connectivity index (χ3v) is 3.91. The van der Waals surface area contributed by atoms with Crippen LogP contribution in [0.15, 0.2) is 34.9 Å². The molecule has 0 radical (unpaired) electrons. The summed E-state index contributed by atoms with van der Waals surface area (Å²) in [5.41, 5.74) is 0.970. The van der Waals surface area contributed by atoms with Crippen LogP contribution in [0.2, 0.25) is 0 Å². The van der Waals surface area contributed by atoms with Gasteiger partial charge in [-0.15, -0.1) is 0 Å². The number of nitrogens with zero attached hydrogens (tertiary/aromatic N) is 3. The molecule has 0 spiro atoms. The smallest absolute Gasteiger partial charge is 0.246 e. The highest BCUT2D eigenvalue weighted by Crippen LogP contribution is 2.28. The van der Waals surface area contributed by atoms with E-state index >= 15 is 0 Å². The average Bonchev–Trinajstić information content (AvgIpc) is 2.95. The third-order valence-electron chi connectivity index (χ3n) is 3.91. The van der Waals surface area contributed by atoms with Gasteiger partial charge in [-0.2, -0.15) is 4.98 Å². The predicted molar refractivity (Wildman–Crippen MR) is 84.2 cm³/mol. The molecule has 0 aliphatic carbocycles. The first-order chi connectivity index (χ1) is 11.1. The van der Waals surface area contributed by atoms with Crippen LogP contribution < -0.4 is 0 Å². The van der Waals surface area contributed by atoms with Crippen molar-refractivity contribution in [1.82, 2.24) is 15.0 Å². The molecule has 1 aliphatic rings. The number of rotatable bonds is 4. The fourth-order valence-corrected chi connectivity index (χ4v) is 2.78. The summed E-state index contributed by atoms with van der Waals surface area (Å²) in [4.78, 5) is 6.60. The number of hydrogen-bond donors (Lipinski definition) is 0. The van der Waals surface area contributed by atoms with Crippen molar-refractivity contribution in [1.29, 1.82) is 0 Å². The van der Waals surface area contributed by atoms with Gasteiger partial charge >= 0.3 is 0 Å². The lowest BCUT2D eigenvalue weighted by molar-refractivity contribution is -0.0684. The van der Waals surface area contributed by atoms with Gasteiger partial charge in [-0.3, -0.25) is 4.90 Å². The number of halogens is 1. The second-order valence-electron chi connectivity index (χ2n) is 5.65. The van der Waals surface area contributed by atoms with Crippen LogP contribution in [0.25, 0.3) is 6.08 Å². The first-order valence-corrected chi connectivity index (χ1v) is 7.71. The Morgan fingerprint density at radius 2 is 2.13 bits per heavy atom. The van der Waals surface area contributed by atoms with E-state index in [4.69, 9.17) is 9.26 Å². The molecule has 1 fully saturated rings. The Bertz CT molecular complexity index is 669. The zero-order valence-electron chi connectivity index (χ0n) is 13.3. The van der Waals surface area contributed by atoms with E-state index < -0.39 is 0 Å². The van der Waals surface area contributed by atoms with Crippen LogP contribution in [-0.2, 0) is 4.74 Å². The van der Waals surface area contributed by atoms with E-state index in [9.17, 15) is 4.39 Å². The van der Waals surface area contributed by atoms with E-state index in [-0.39, 0.29) is 18.0 Å². The van der Waals surface area contributed by atoms with E-state index in [2.05, 4.69) is 21.1 Å². The minimum absolute atomic E-state index is 0.0113. The monoisotopic (exact) mass is 317 g/mol. The zero-order valence-corrected chi connectivity index (χ0v) is 13.3.